The van der Waals surface area contributed by atoms with Crippen LogP contribution in [0.1, 0.15) is 10.4 Å². The molecule has 0 saturated heterocycles. The van der Waals surface area contributed by atoms with E-state index in [1.54, 1.807) is 41.8 Å². The van der Waals surface area contributed by atoms with Crippen molar-refractivity contribution < 1.29 is 18.7 Å². The van der Waals surface area contributed by atoms with Crippen molar-refractivity contribution in [2.75, 3.05) is 17.2 Å². The Morgan fingerprint density at radius 2 is 1.70 bits per heavy atom. The van der Waals surface area contributed by atoms with Gasteiger partial charge >= 0.3 is 0 Å². The highest BCUT2D eigenvalue weighted by Crippen LogP contribution is 2.30. The first-order chi connectivity index (χ1) is 16.0. The molecule has 4 aromatic rings. The third kappa shape index (κ3) is 5.54. The summed E-state index contributed by atoms with van der Waals surface area (Å²) in [6.07, 6.45) is 0. The molecule has 6 nitrogen and oxygen atoms in total. The molecular formula is C24H17ClFN3O3S. The van der Waals surface area contributed by atoms with Gasteiger partial charge in [-0.05, 0) is 30.3 Å². The number of thiazole rings is 1. The van der Waals surface area contributed by atoms with Crippen LogP contribution in [-0.4, -0.2) is 23.4 Å². The molecule has 0 spiro atoms. The Bertz CT molecular complexity index is 1310. The average molecular weight is 482 g/mol. The normalized spacial score (nSPS) is 10.5. The monoisotopic (exact) mass is 481 g/mol. The summed E-state index contributed by atoms with van der Waals surface area (Å²) in [5, 5.41) is 7.92. The molecule has 4 rings (SSSR count). The molecule has 0 aliphatic carbocycles. The Labute approximate surface area is 198 Å². The van der Waals surface area contributed by atoms with Gasteiger partial charge in [-0.2, -0.15) is 0 Å². The van der Waals surface area contributed by atoms with Crippen molar-refractivity contribution in [2.24, 2.45) is 0 Å². The quantitative estimate of drug-likeness (QED) is 0.346. The largest absolute Gasteiger partial charge is 0.483 e. The van der Waals surface area contributed by atoms with Crippen molar-refractivity contribution in [3.63, 3.8) is 0 Å². The Morgan fingerprint density at radius 3 is 2.52 bits per heavy atom. The van der Waals surface area contributed by atoms with E-state index in [0.717, 1.165) is 5.56 Å². The lowest BCUT2D eigenvalue weighted by atomic mass is 10.2. The van der Waals surface area contributed by atoms with Crippen LogP contribution in [-0.2, 0) is 4.79 Å². The molecule has 2 amide bonds. The van der Waals surface area contributed by atoms with Crippen molar-refractivity contribution >= 4 is 45.6 Å². The predicted molar refractivity (Wildman–Crippen MR) is 127 cm³/mol. The number of hydrogen-bond acceptors (Lipinski definition) is 5. The Morgan fingerprint density at radius 1 is 0.970 bits per heavy atom. The van der Waals surface area contributed by atoms with Crippen LogP contribution >= 0.6 is 22.9 Å². The van der Waals surface area contributed by atoms with Gasteiger partial charge in [-0.15, -0.1) is 11.3 Å². The second-order valence-electron chi connectivity index (χ2n) is 6.78. The van der Waals surface area contributed by atoms with Crippen LogP contribution in [0.25, 0.3) is 11.3 Å². The molecular weight excluding hydrogens is 465 g/mol. The lowest BCUT2D eigenvalue weighted by Gasteiger charge is -2.11. The number of aromatic nitrogens is 1. The van der Waals surface area contributed by atoms with E-state index in [1.165, 1.54) is 29.5 Å². The molecule has 0 bridgehead atoms. The fourth-order valence-corrected chi connectivity index (χ4v) is 3.90. The van der Waals surface area contributed by atoms with Crippen molar-refractivity contribution in [3.8, 4) is 17.0 Å². The zero-order chi connectivity index (χ0) is 23.2. The van der Waals surface area contributed by atoms with Gasteiger partial charge < -0.3 is 10.1 Å². The Kier molecular flexibility index (Phi) is 6.97. The van der Waals surface area contributed by atoms with Gasteiger partial charge in [-0.25, -0.2) is 9.37 Å². The fraction of sp³-hybridized carbons (Fsp3) is 0.0417. The van der Waals surface area contributed by atoms with Crippen LogP contribution in [0, 0.1) is 5.82 Å². The molecule has 1 heterocycles. The number of carbonyl (C=O) groups is 2. The number of anilines is 2. The SMILES string of the molecule is O=C(COc1ccccc1C(=O)Nc1nc(-c2ccccc2Cl)cs1)Nc1ccccc1F. The van der Waals surface area contributed by atoms with Gasteiger partial charge in [0, 0.05) is 16.0 Å². The summed E-state index contributed by atoms with van der Waals surface area (Å²) in [6, 6.07) is 19.6. The summed E-state index contributed by atoms with van der Waals surface area (Å²) in [6.45, 7) is -0.396. The first kappa shape index (κ1) is 22.4. The summed E-state index contributed by atoms with van der Waals surface area (Å²) in [4.78, 5) is 29.4. The molecule has 0 saturated carbocycles. The summed E-state index contributed by atoms with van der Waals surface area (Å²) < 4.78 is 19.2. The minimum absolute atomic E-state index is 0.0511. The highest BCUT2D eigenvalue weighted by atomic mass is 35.5. The maximum absolute atomic E-state index is 13.7. The highest BCUT2D eigenvalue weighted by Gasteiger charge is 2.16. The number of halogens is 2. The average Bonchev–Trinajstić information content (AvgIpc) is 3.28. The smallest absolute Gasteiger partial charge is 0.262 e. The number of rotatable bonds is 7. The highest BCUT2D eigenvalue weighted by molar-refractivity contribution is 7.14. The molecule has 2 N–H and O–H groups in total. The van der Waals surface area contributed by atoms with Gasteiger partial charge in [0.05, 0.1) is 16.9 Å². The van der Waals surface area contributed by atoms with Crippen LogP contribution in [0.5, 0.6) is 5.75 Å². The minimum atomic E-state index is -0.556. The number of nitrogens with one attached hydrogen (secondary N) is 2. The van der Waals surface area contributed by atoms with Gasteiger partial charge in [0.15, 0.2) is 11.7 Å². The second kappa shape index (κ2) is 10.2. The summed E-state index contributed by atoms with van der Waals surface area (Å²) >= 11 is 7.48. The molecule has 9 heteroatoms. The van der Waals surface area contributed by atoms with Gasteiger partial charge in [0.2, 0.25) is 0 Å². The van der Waals surface area contributed by atoms with E-state index >= 15 is 0 Å². The molecule has 1 aromatic heterocycles. The Hall–Kier alpha value is -3.75. The van der Waals surface area contributed by atoms with E-state index in [-0.39, 0.29) is 17.0 Å². The predicted octanol–water partition coefficient (Wildman–Crippen LogP) is 5.87. The van der Waals surface area contributed by atoms with Crippen molar-refractivity contribution in [2.45, 2.75) is 0 Å². The maximum Gasteiger partial charge on any atom is 0.262 e. The number of amides is 2. The Balaban J connectivity index is 1.42. The van der Waals surface area contributed by atoms with Crippen LogP contribution in [0.2, 0.25) is 5.02 Å². The van der Waals surface area contributed by atoms with E-state index in [0.29, 0.717) is 15.8 Å². The summed E-state index contributed by atoms with van der Waals surface area (Å²) in [7, 11) is 0. The number of para-hydroxylation sites is 2. The standard InChI is InChI=1S/C24H17ClFN3O3S/c25-17-9-3-1-7-15(17)20-14-33-24(28-20)29-23(31)16-8-2-6-12-21(16)32-13-22(30)27-19-11-5-4-10-18(19)26/h1-12,14H,13H2,(H,27,30)(H,28,29,31). The van der Waals surface area contributed by atoms with Crippen molar-refractivity contribution in [3.05, 3.63) is 94.6 Å². The van der Waals surface area contributed by atoms with E-state index in [2.05, 4.69) is 15.6 Å². The van der Waals surface area contributed by atoms with E-state index in [4.69, 9.17) is 16.3 Å². The molecule has 3 aromatic carbocycles. The van der Waals surface area contributed by atoms with Crippen LogP contribution in [0.15, 0.2) is 78.2 Å². The molecule has 0 aliphatic heterocycles. The fourth-order valence-electron chi connectivity index (χ4n) is 2.96. The molecule has 0 fully saturated rings. The van der Waals surface area contributed by atoms with E-state index < -0.39 is 24.2 Å². The number of hydrogen-bond donors (Lipinski definition) is 2. The zero-order valence-corrected chi connectivity index (χ0v) is 18.6. The minimum Gasteiger partial charge on any atom is -0.483 e. The molecule has 0 atom stereocenters. The number of ether oxygens (including phenoxy) is 1. The molecule has 166 valence electrons. The van der Waals surface area contributed by atoms with Gasteiger partial charge in [0.25, 0.3) is 11.8 Å². The summed E-state index contributed by atoms with van der Waals surface area (Å²) in [5.74, 6) is -1.34. The molecule has 0 unspecified atom stereocenters. The van der Waals surface area contributed by atoms with Crippen LogP contribution in [0.3, 0.4) is 0 Å². The molecule has 0 aliphatic rings. The lowest BCUT2D eigenvalue weighted by molar-refractivity contribution is -0.118. The lowest BCUT2D eigenvalue weighted by Crippen LogP contribution is -2.22. The van der Waals surface area contributed by atoms with E-state index in [9.17, 15) is 14.0 Å². The topological polar surface area (TPSA) is 80.3 Å². The first-order valence-corrected chi connectivity index (χ1v) is 11.0. The van der Waals surface area contributed by atoms with Crippen LogP contribution < -0.4 is 15.4 Å². The second-order valence-corrected chi connectivity index (χ2v) is 8.05. The third-order valence-corrected chi connectivity index (χ3v) is 5.60. The van der Waals surface area contributed by atoms with Gasteiger partial charge in [0.1, 0.15) is 11.6 Å². The first-order valence-electron chi connectivity index (χ1n) is 9.79. The molecule has 33 heavy (non-hydrogen) atoms. The summed E-state index contributed by atoms with van der Waals surface area (Å²) in [5.41, 5.74) is 1.69. The number of nitrogens with zero attached hydrogens (tertiary/aromatic N) is 1. The maximum atomic E-state index is 13.7. The third-order valence-electron chi connectivity index (χ3n) is 4.51. The number of benzene rings is 3. The molecule has 0 radical (unpaired) electrons. The van der Waals surface area contributed by atoms with Crippen LogP contribution in [0.4, 0.5) is 15.2 Å². The van der Waals surface area contributed by atoms with Crippen molar-refractivity contribution in [1.82, 2.24) is 4.98 Å². The van der Waals surface area contributed by atoms with Gasteiger partial charge in [-0.3, -0.25) is 14.9 Å². The van der Waals surface area contributed by atoms with E-state index in [1.807, 2.05) is 18.2 Å². The zero-order valence-electron chi connectivity index (χ0n) is 17.0. The van der Waals surface area contributed by atoms with Gasteiger partial charge in [-0.1, -0.05) is 54.1 Å². The van der Waals surface area contributed by atoms with Crippen molar-refractivity contribution in [1.29, 1.82) is 0 Å². The number of carbonyl (C=O) groups excluding carboxylic acids is 2.